The Bertz CT molecular complexity index is 505. The summed E-state index contributed by atoms with van der Waals surface area (Å²) in [4.78, 5) is 4.32. The molecular formula is C20H36N4O. The first kappa shape index (κ1) is 21.3. The molecule has 0 saturated carbocycles. The lowest BCUT2D eigenvalue weighted by Crippen LogP contribution is -2.42. The smallest absolute Gasteiger partial charge is 0.191 e. The second kappa shape index (κ2) is 11.0. The van der Waals surface area contributed by atoms with Crippen molar-refractivity contribution in [2.45, 2.75) is 53.1 Å². The molecule has 5 nitrogen and oxygen atoms in total. The van der Waals surface area contributed by atoms with Gasteiger partial charge in [-0.1, -0.05) is 32.9 Å². The fourth-order valence-electron chi connectivity index (χ4n) is 2.37. The topological polar surface area (TPSA) is 57.7 Å². The van der Waals surface area contributed by atoms with E-state index < -0.39 is 0 Å². The fraction of sp³-hybridized carbons (Fsp3) is 0.650. The van der Waals surface area contributed by atoms with E-state index in [1.165, 1.54) is 12.0 Å². The van der Waals surface area contributed by atoms with Crippen LogP contribution in [0.3, 0.4) is 0 Å². The van der Waals surface area contributed by atoms with Crippen LogP contribution in [-0.2, 0) is 11.3 Å². The SMILES string of the molecule is CN=C(NCc1ccc(NCCOC)cc1)NC(C)CCC(C)(C)C. The van der Waals surface area contributed by atoms with Crippen molar-refractivity contribution in [3.05, 3.63) is 29.8 Å². The molecule has 1 unspecified atom stereocenters. The minimum Gasteiger partial charge on any atom is -0.383 e. The van der Waals surface area contributed by atoms with Crippen molar-refractivity contribution in [1.82, 2.24) is 10.6 Å². The molecule has 0 fully saturated rings. The normalized spacial score (nSPS) is 13.4. The average Bonchev–Trinajstić information content (AvgIpc) is 2.57. The van der Waals surface area contributed by atoms with Gasteiger partial charge in [0.2, 0.25) is 0 Å². The maximum atomic E-state index is 5.04. The van der Waals surface area contributed by atoms with E-state index in [4.69, 9.17) is 4.74 Å². The number of nitrogens with zero attached hydrogens (tertiary/aromatic N) is 1. The van der Waals surface area contributed by atoms with Crippen LogP contribution in [0.4, 0.5) is 5.69 Å². The summed E-state index contributed by atoms with van der Waals surface area (Å²) < 4.78 is 5.04. The van der Waals surface area contributed by atoms with Gasteiger partial charge >= 0.3 is 0 Å². The number of hydrogen-bond acceptors (Lipinski definition) is 3. The molecule has 0 bridgehead atoms. The molecule has 0 aromatic heterocycles. The van der Waals surface area contributed by atoms with Crippen LogP contribution in [0.25, 0.3) is 0 Å². The summed E-state index contributed by atoms with van der Waals surface area (Å²) in [5, 5.41) is 10.2. The maximum absolute atomic E-state index is 5.04. The van der Waals surface area contributed by atoms with Gasteiger partial charge in [-0.15, -0.1) is 0 Å². The minimum absolute atomic E-state index is 0.367. The molecule has 142 valence electrons. The number of benzene rings is 1. The predicted octanol–water partition coefficient (Wildman–Crippen LogP) is 3.62. The van der Waals surface area contributed by atoms with Crippen LogP contribution in [0.15, 0.2) is 29.3 Å². The van der Waals surface area contributed by atoms with Gasteiger partial charge in [0, 0.05) is 39.0 Å². The Morgan fingerprint density at radius 1 is 1.20 bits per heavy atom. The molecule has 0 aliphatic heterocycles. The molecule has 1 atom stereocenters. The van der Waals surface area contributed by atoms with Gasteiger partial charge in [0.1, 0.15) is 0 Å². The second-order valence-corrected chi connectivity index (χ2v) is 7.69. The Labute approximate surface area is 153 Å². The van der Waals surface area contributed by atoms with Crippen LogP contribution in [0.5, 0.6) is 0 Å². The zero-order valence-electron chi connectivity index (χ0n) is 16.8. The zero-order valence-corrected chi connectivity index (χ0v) is 16.8. The molecule has 0 saturated heterocycles. The highest BCUT2D eigenvalue weighted by Gasteiger charge is 2.13. The highest BCUT2D eigenvalue weighted by Crippen LogP contribution is 2.21. The number of aliphatic imine (C=N–C) groups is 1. The van der Waals surface area contributed by atoms with E-state index in [2.05, 4.69) is 72.9 Å². The largest absolute Gasteiger partial charge is 0.383 e. The van der Waals surface area contributed by atoms with E-state index in [9.17, 15) is 0 Å². The van der Waals surface area contributed by atoms with Gasteiger partial charge in [0.25, 0.3) is 0 Å². The van der Waals surface area contributed by atoms with E-state index in [0.717, 1.165) is 31.2 Å². The molecule has 1 aromatic rings. The zero-order chi connectivity index (χ0) is 18.7. The number of nitrogens with one attached hydrogen (secondary N) is 3. The Morgan fingerprint density at radius 3 is 2.44 bits per heavy atom. The number of ether oxygens (including phenoxy) is 1. The Balaban J connectivity index is 2.39. The van der Waals surface area contributed by atoms with Crippen molar-refractivity contribution in [3.63, 3.8) is 0 Å². The van der Waals surface area contributed by atoms with E-state index in [1.807, 2.05) is 7.05 Å². The van der Waals surface area contributed by atoms with E-state index in [1.54, 1.807) is 7.11 Å². The summed E-state index contributed by atoms with van der Waals surface area (Å²) in [7, 11) is 3.52. The standard InChI is InChI=1S/C20H36N4O/c1-16(11-12-20(2,3)4)24-19(21-5)23-15-17-7-9-18(10-8-17)22-13-14-25-6/h7-10,16,22H,11-15H2,1-6H3,(H2,21,23,24). The van der Waals surface area contributed by atoms with Crippen molar-refractivity contribution < 1.29 is 4.74 Å². The van der Waals surface area contributed by atoms with Crippen molar-refractivity contribution in [1.29, 1.82) is 0 Å². The number of guanidine groups is 1. The molecule has 0 aliphatic rings. The highest BCUT2D eigenvalue weighted by molar-refractivity contribution is 5.79. The van der Waals surface area contributed by atoms with Crippen LogP contribution >= 0.6 is 0 Å². The number of rotatable bonds is 9. The monoisotopic (exact) mass is 348 g/mol. The summed E-state index contributed by atoms with van der Waals surface area (Å²) >= 11 is 0. The second-order valence-electron chi connectivity index (χ2n) is 7.69. The van der Waals surface area contributed by atoms with Crippen molar-refractivity contribution in [2.24, 2.45) is 10.4 Å². The van der Waals surface area contributed by atoms with Gasteiger partial charge in [0.15, 0.2) is 5.96 Å². The Hall–Kier alpha value is -1.75. The molecule has 5 heteroatoms. The first-order chi connectivity index (χ1) is 11.8. The summed E-state index contributed by atoms with van der Waals surface area (Å²) in [5.41, 5.74) is 2.70. The van der Waals surface area contributed by atoms with Crippen LogP contribution in [0, 0.1) is 5.41 Å². The van der Waals surface area contributed by atoms with E-state index in [-0.39, 0.29) is 0 Å². The average molecular weight is 349 g/mol. The maximum Gasteiger partial charge on any atom is 0.191 e. The van der Waals surface area contributed by atoms with Crippen LogP contribution in [-0.4, -0.2) is 39.3 Å². The fourth-order valence-corrected chi connectivity index (χ4v) is 2.37. The highest BCUT2D eigenvalue weighted by atomic mass is 16.5. The van der Waals surface area contributed by atoms with Crippen molar-refractivity contribution in [2.75, 3.05) is 32.6 Å². The first-order valence-corrected chi connectivity index (χ1v) is 9.13. The third-order valence-corrected chi connectivity index (χ3v) is 3.98. The van der Waals surface area contributed by atoms with Crippen LogP contribution in [0.1, 0.15) is 46.1 Å². The van der Waals surface area contributed by atoms with Crippen LogP contribution in [0.2, 0.25) is 0 Å². The molecular weight excluding hydrogens is 312 g/mol. The lowest BCUT2D eigenvalue weighted by atomic mass is 9.89. The number of hydrogen-bond donors (Lipinski definition) is 3. The minimum atomic E-state index is 0.367. The molecule has 1 rings (SSSR count). The molecule has 0 heterocycles. The summed E-state index contributed by atoms with van der Waals surface area (Å²) in [6.45, 7) is 11.3. The lowest BCUT2D eigenvalue weighted by molar-refractivity contribution is 0.211. The van der Waals surface area contributed by atoms with Gasteiger partial charge in [-0.3, -0.25) is 4.99 Å². The third-order valence-electron chi connectivity index (χ3n) is 3.98. The number of methoxy groups -OCH3 is 1. The van der Waals surface area contributed by atoms with Crippen molar-refractivity contribution in [3.8, 4) is 0 Å². The third kappa shape index (κ3) is 9.97. The van der Waals surface area contributed by atoms with Gasteiger partial charge in [-0.05, 0) is 42.9 Å². The van der Waals surface area contributed by atoms with Gasteiger partial charge in [-0.2, -0.15) is 0 Å². The number of anilines is 1. The van der Waals surface area contributed by atoms with E-state index >= 15 is 0 Å². The predicted molar refractivity (Wildman–Crippen MR) is 108 cm³/mol. The van der Waals surface area contributed by atoms with Crippen molar-refractivity contribution >= 4 is 11.6 Å². The molecule has 0 spiro atoms. The molecule has 25 heavy (non-hydrogen) atoms. The molecule has 1 aromatic carbocycles. The lowest BCUT2D eigenvalue weighted by Gasteiger charge is -2.23. The Morgan fingerprint density at radius 2 is 1.88 bits per heavy atom. The van der Waals surface area contributed by atoms with Crippen LogP contribution < -0.4 is 16.0 Å². The molecule has 0 aliphatic carbocycles. The molecule has 3 N–H and O–H groups in total. The molecule has 0 radical (unpaired) electrons. The Kier molecular flexibility index (Phi) is 9.35. The molecule has 0 amide bonds. The van der Waals surface area contributed by atoms with Gasteiger partial charge in [0.05, 0.1) is 6.61 Å². The first-order valence-electron chi connectivity index (χ1n) is 9.13. The summed E-state index contributed by atoms with van der Waals surface area (Å²) in [6, 6.07) is 8.83. The summed E-state index contributed by atoms with van der Waals surface area (Å²) in [6.07, 6.45) is 2.32. The summed E-state index contributed by atoms with van der Waals surface area (Å²) in [5.74, 6) is 0.851. The quantitative estimate of drug-likeness (QED) is 0.362. The van der Waals surface area contributed by atoms with E-state index in [0.29, 0.717) is 18.1 Å². The van der Waals surface area contributed by atoms with Gasteiger partial charge < -0.3 is 20.7 Å². The van der Waals surface area contributed by atoms with Gasteiger partial charge in [-0.25, -0.2) is 0 Å².